The van der Waals surface area contributed by atoms with Crippen LogP contribution in [0.4, 0.5) is 5.69 Å². The standard InChI is InChI=1S/C23H23NO4/c1-2-15-10-12-18(13-11-15)28-23(27)16-6-5-7-17(14-16)24-21(25)19-8-3-4-9-20(19)22(24)26/h5-7,10-14,19-20H,2-4,8-9H2,1H3/t19-,20-/m0/s1. The molecule has 0 spiro atoms. The van der Waals surface area contributed by atoms with Crippen molar-refractivity contribution in [3.8, 4) is 5.75 Å². The van der Waals surface area contributed by atoms with Gasteiger partial charge in [-0.1, -0.05) is 38.0 Å². The molecular weight excluding hydrogens is 354 g/mol. The van der Waals surface area contributed by atoms with E-state index in [9.17, 15) is 14.4 Å². The molecule has 0 unspecified atom stereocenters. The second kappa shape index (κ2) is 7.58. The second-order valence-corrected chi connectivity index (χ2v) is 7.45. The van der Waals surface area contributed by atoms with E-state index in [1.165, 1.54) is 4.90 Å². The summed E-state index contributed by atoms with van der Waals surface area (Å²) in [5, 5.41) is 0. The van der Waals surface area contributed by atoms with Crippen molar-refractivity contribution in [2.75, 3.05) is 4.90 Å². The first-order chi connectivity index (χ1) is 13.6. The van der Waals surface area contributed by atoms with Crippen LogP contribution in [0.1, 0.15) is 48.5 Å². The Balaban J connectivity index is 1.54. The third-order valence-corrected chi connectivity index (χ3v) is 5.72. The third kappa shape index (κ3) is 3.33. The minimum Gasteiger partial charge on any atom is -0.423 e. The zero-order valence-electron chi connectivity index (χ0n) is 15.9. The van der Waals surface area contributed by atoms with Crippen LogP contribution in [0.25, 0.3) is 0 Å². The molecule has 2 aromatic rings. The van der Waals surface area contributed by atoms with Gasteiger partial charge in [0.15, 0.2) is 0 Å². The number of nitrogens with zero attached hydrogens (tertiary/aromatic N) is 1. The Morgan fingerprint density at radius 3 is 2.25 bits per heavy atom. The monoisotopic (exact) mass is 377 g/mol. The average molecular weight is 377 g/mol. The molecule has 1 heterocycles. The second-order valence-electron chi connectivity index (χ2n) is 7.45. The highest BCUT2D eigenvalue weighted by atomic mass is 16.5. The molecule has 5 heteroatoms. The lowest BCUT2D eigenvalue weighted by molar-refractivity contribution is -0.122. The Morgan fingerprint density at radius 1 is 1.00 bits per heavy atom. The summed E-state index contributed by atoms with van der Waals surface area (Å²) < 4.78 is 5.44. The summed E-state index contributed by atoms with van der Waals surface area (Å²) in [5.74, 6) is -0.761. The van der Waals surface area contributed by atoms with Crippen LogP contribution in [0.2, 0.25) is 0 Å². The molecular formula is C23H23NO4. The molecule has 1 aliphatic carbocycles. The van der Waals surface area contributed by atoms with E-state index in [2.05, 4.69) is 6.92 Å². The van der Waals surface area contributed by atoms with E-state index in [-0.39, 0.29) is 23.7 Å². The molecule has 0 radical (unpaired) electrons. The van der Waals surface area contributed by atoms with Crippen LogP contribution in [0, 0.1) is 11.8 Å². The van der Waals surface area contributed by atoms with Gasteiger partial charge in [-0.15, -0.1) is 0 Å². The largest absolute Gasteiger partial charge is 0.423 e. The minimum atomic E-state index is -0.511. The van der Waals surface area contributed by atoms with Crippen LogP contribution in [-0.2, 0) is 16.0 Å². The highest BCUT2D eigenvalue weighted by molar-refractivity contribution is 6.22. The Bertz CT molecular complexity index is 894. The maximum atomic E-state index is 12.8. The average Bonchev–Trinajstić information content (AvgIpc) is 2.99. The topological polar surface area (TPSA) is 63.7 Å². The predicted octanol–water partition coefficient (Wildman–Crippen LogP) is 4.15. The lowest BCUT2D eigenvalue weighted by Gasteiger charge is -2.19. The van der Waals surface area contributed by atoms with E-state index in [1.54, 1.807) is 36.4 Å². The van der Waals surface area contributed by atoms with Crippen molar-refractivity contribution >= 4 is 23.5 Å². The van der Waals surface area contributed by atoms with Crippen molar-refractivity contribution in [3.05, 3.63) is 59.7 Å². The first-order valence-corrected chi connectivity index (χ1v) is 9.87. The van der Waals surface area contributed by atoms with E-state index in [4.69, 9.17) is 4.74 Å². The summed E-state index contributed by atoms with van der Waals surface area (Å²) in [6.07, 6.45) is 4.41. The molecule has 2 fully saturated rings. The van der Waals surface area contributed by atoms with Crippen molar-refractivity contribution in [1.29, 1.82) is 0 Å². The highest BCUT2D eigenvalue weighted by Gasteiger charge is 2.48. The number of amides is 2. The molecule has 4 rings (SSSR count). The maximum absolute atomic E-state index is 12.8. The molecule has 1 aliphatic heterocycles. The predicted molar refractivity (Wildman–Crippen MR) is 105 cm³/mol. The summed E-state index contributed by atoms with van der Waals surface area (Å²) in [6.45, 7) is 2.06. The van der Waals surface area contributed by atoms with E-state index in [1.807, 2.05) is 12.1 Å². The molecule has 1 saturated heterocycles. The number of rotatable bonds is 4. The number of hydrogen-bond donors (Lipinski definition) is 0. The van der Waals surface area contributed by atoms with Crippen LogP contribution in [0.5, 0.6) is 5.75 Å². The summed E-state index contributed by atoms with van der Waals surface area (Å²) in [7, 11) is 0. The van der Waals surface area contributed by atoms with Gasteiger partial charge in [-0.3, -0.25) is 14.5 Å². The van der Waals surface area contributed by atoms with Gasteiger partial charge in [0.1, 0.15) is 5.75 Å². The molecule has 144 valence electrons. The first kappa shape index (κ1) is 18.4. The van der Waals surface area contributed by atoms with Crippen molar-refractivity contribution in [2.24, 2.45) is 11.8 Å². The number of benzene rings is 2. The number of carbonyl (C=O) groups excluding carboxylic acids is 3. The van der Waals surface area contributed by atoms with Crippen LogP contribution in [0.3, 0.4) is 0 Å². The molecule has 28 heavy (non-hydrogen) atoms. The fourth-order valence-corrected chi connectivity index (χ4v) is 4.15. The zero-order chi connectivity index (χ0) is 19.7. The number of anilines is 1. The molecule has 0 bridgehead atoms. The lowest BCUT2D eigenvalue weighted by atomic mass is 9.81. The Kier molecular flexibility index (Phi) is 4.99. The summed E-state index contributed by atoms with van der Waals surface area (Å²) in [6, 6.07) is 13.9. The van der Waals surface area contributed by atoms with Crippen molar-refractivity contribution < 1.29 is 19.1 Å². The summed E-state index contributed by atoms with van der Waals surface area (Å²) >= 11 is 0. The molecule has 1 saturated carbocycles. The number of esters is 1. The number of ether oxygens (including phenoxy) is 1. The summed E-state index contributed by atoms with van der Waals surface area (Å²) in [5.41, 5.74) is 1.92. The van der Waals surface area contributed by atoms with Gasteiger partial charge in [0, 0.05) is 0 Å². The van der Waals surface area contributed by atoms with Crippen LogP contribution >= 0.6 is 0 Å². The quantitative estimate of drug-likeness (QED) is 0.456. The fraction of sp³-hybridized carbons (Fsp3) is 0.348. The SMILES string of the molecule is CCc1ccc(OC(=O)c2cccc(N3C(=O)[C@H]4CCCC[C@@H]4C3=O)c2)cc1. The lowest BCUT2D eigenvalue weighted by Crippen LogP contribution is -2.31. The van der Waals surface area contributed by atoms with Gasteiger partial charge in [-0.05, 0) is 55.2 Å². The van der Waals surface area contributed by atoms with Gasteiger partial charge >= 0.3 is 5.97 Å². The summed E-state index contributed by atoms with van der Waals surface area (Å²) in [4.78, 5) is 39.3. The smallest absolute Gasteiger partial charge is 0.343 e. The van der Waals surface area contributed by atoms with Crippen molar-refractivity contribution in [1.82, 2.24) is 0 Å². The van der Waals surface area contributed by atoms with Gasteiger partial charge in [-0.25, -0.2) is 4.79 Å². The number of fused-ring (bicyclic) bond motifs is 1. The Hall–Kier alpha value is -2.95. The van der Waals surface area contributed by atoms with Gasteiger partial charge in [0.2, 0.25) is 11.8 Å². The number of hydrogen-bond acceptors (Lipinski definition) is 4. The van der Waals surface area contributed by atoms with Crippen LogP contribution < -0.4 is 9.64 Å². The molecule has 0 N–H and O–H groups in total. The molecule has 2 amide bonds. The van der Waals surface area contributed by atoms with Gasteiger partial charge in [-0.2, -0.15) is 0 Å². The van der Waals surface area contributed by atoms with Gasteiger partial charge in [0.05, 0.1) is 23.1 Å². The van der Waals surface area contributed by atoms with Crippen molar-refractivity contribution in [2.45, 2.75) is 39.0 Å². The normalized spacial score (nSPS) is 21.5. The number of carbonyl (C=O) groups is 3. The maximum Gasteiger partial charge on any atom is 0.343 e. The van der Waals surface area contributed by atoms with Crippen LogP contribution in [-0.4, -0.2) is 17.8 Å². The van der Waals surface area contributed by atoms with Crippen LogP contribution in [0.15, 0.2) is 48.5 Å². The van der Waals surface area contributed by atoms with E-state index in [0.29, 0.717) is 17.0 Å². The van der Waals surface area contributed by atoms with Gasteiger partial charge in [0.25, 0.3) is 0 Å². The highest BCUT2D eigenvalue weighted by Crippen LogP contribution is 2.40. The number of imide groups is 1. The molecule has 2 aromatic carbocycles. The fourth-order valence-electron chi connectivity index (χ4n) is 4.15. The molecule has 2 aliphatic rings. The Morgan fingerprint density at radius 2 is 1.64 bits per heavy atom. The molecule has 5 nitrogen and oxygen atoms in total. The third-order valence-electron chi connectivity index (χ3n) is 5.72. The molecule has 0 aromatic heterocycles. The first-order valence-electron chi connectivity index (χ1n) is 9.87. The number of aryl methyl sites for hydroxylation is 1. The van der Waals surface area contributed by atoms with E-state index in [0.717, 1.165) is 37.7 Å². The van der Waals surface area contributed by atoms with E-state index >= 15 is 0 Å². The van der Waals surface area contributed by atoms with Gasteiger partial charge < -0.3 is 4.74 Å². The Labute approximate surface area is 164 Å². The molecule has 2 atom stereocenters. The zero-order valence-corrected chi connectivity index (χ0v) is 15.9. The minimum absolute atomic E-state index is 0.143. The van der Waals surface area contributed by atoms with E-state index < -0.39 is 5.97 Å². The van der Waals surface area contributed by atoms with Crippen molar-refractivity contribution in [3.63, 3.8) is 0 Å².